The van der Waals surface area contributed by atoms with E-state index in [-0.39, 0.29) is 5.78 Å². The van der Waals surface area contributed by atoms with E-state index in [1.807, 2.05) is 32.2 Å². The molecule has 1 aromatic carbocycles. The number of benzene rings is 1. The van der Waals surface area contributed by atoms with Crippen molar-refractivity contribution in [3.05, 3.63) is 52.8 Å². The number of hydrogen-bond acceptors (Lipinski definition) is 2. The van der Waals surface area contributed by atoms with Crippen molar-refractivity contribution in [1.82, 2.24) is 9.78 Å². The predicted octanol–water partition coefficient (Wildman–Crippen LogP) is 3.23. The third-order valence-electron chi connectivity index (χ3n) is 4.23. The molecule has 1 aliphatic rings. The van der Waals surface area contributed by atoms with Gasteiger partial charge >= 0.3 is 0 Å². The molecule has 2 aromatic rings. The van der Waals surface area contributed by atoms with Gasteiger partial charge in [0.1, 0.15) is 0 Å². The van der Waals surface area contributed by atoms with Crippen LogP contribution in [0.2, 0.25) is 0 Å². The number of carbonyl (C=O) groups excluding carboxylic acids is 1. The standard InChI is InChI=1S/C16H18N2O/c1-11-15(10-17-18(11)2)16(19)14-9-4-3-8-13(14)12-6-5-7-12/h3-4,8-10,12H,5-7H2,1-2H3. The van der Waals surface area contributed by atoms with Gasteiger partial charge < -0.3 is 0 Å². The number of aryl methyl sites for hydroxylation is 1. The molecule has 98 valence electrons. The summed E-state index contributed by atoms with van der Waals surface area (Å²) in [6, 6.07) is 8.02. The van der Waals surface area contributed by atoms with Gasteiger partial charge in [0, 0.05) is 18.3 Å². The molecule has 1 aliphatic carbocycles. The number of nitrogens with zero attached hydrogens (tertiary/aromatic N) is 2. The Balaban J connectivity index is 2.02. The Morgan fingerprint density at radius 3 is 2.58 bits per heavy atom. The van der Waals surface area contributed by atoms with Crippen molar-refractivity contribution >= 4 is 5.78 Å². The maximum atomic E-state index is 12.7. The highest BCUT2D eigenvalue weighted by Gasteiger charge is 2.25. The van der Waals surface area contributed by atoms with Crippen LogP contribution >= 0.6 is 0 Å². The Kier molecular flexibility index (Phi) is 2.97. The van der Waals surface area contributed by atoms with Gasteiger partial charge in [0.2, 0.25) is 0 Å². The summed E-state index contributed by atoms with van der Waals surface area (Å²) in [5, 5.41) is 4.17. The van der Waals surface area contributed by atoms with Crippen molar-refractivity contribution in [1.29, 1.82) is 0 Å². The molecule has 0 atom stereocenters. The average molecular weight is 254 g/mol. The van der Waals surface area contributed by atoms with E-state index in [4.69, 9.17) is 0 Å². The molecular weight excluding hydrogens is 236 g/mol. The highest BCUT2D eigenvalue weighted by atomic mass is 16.1. The van der Waals surface area contributed by atoms with E-state index in [0.717, 1.165) is 11.3 Å². The van der Waals surface area contributed by atoms with Crippen molar-refractivity contribution in [2.75, 3.05) is 0 Å². The van der Waals surface area contributed by atoms with Crippen LogP contribution in [-0.2, 0) is 7.05 Å². The normalized spacial score (nSPS) is 15.3. The molecule has 1 heterocycles. The molecule has 0 spiro atoms. The molecule has 3 rings (SSSR count). The topological polar surface area (TPSA) is 34.9 Å². The molecule has 3 heteroatoms. The van der Waals surface area contributed by atoms with E-state index in [9.17, 15) is 4.79 Å². The van der Waals surface area contributed by atoms with E-state index >= 15 is 0 Å². The van der Waals surface area contributed by atoms with Gasteiger partial charge in [0.05, 0.1) is 11.8 Å². The van der Waals surface area contributed by atoms with E-state index in [2.05, 4.69) is 11.2 Å². The van der Waals surface area contributed by atoms with Gasteiger partial charge in [-0.3, -0.25) is 9.48 Å². The lowest BCUT2D eigenvalue weighted by atomic mass is 9.77. The molecular formula is C16H18N2O. The number of hydrogen-bond donors (Lipinski definition) is 0. The zero-order valence-electron chi connectivity index (χ0n) is 11.4. The van der Waals surface area contributed by atoms with Crippen LogP contribution in [0.4, 0.5) is 0 Å². The quantitative estimate of drug-likeness (QED) is 0.788. The lowest BCUT2D eigenvalue weighted by Crippen LogP contribution is -2.14. The van der Waals surface area contributed by atoms with Crippen molar-refractivity contribution in [2.45, 2.75) is 32.1 Å². The van der Waals surface area contributed by atoms with E-state index in [1.54, 1.807) is 10.9 Å². The first-order valence-electron chi connectivity index (χ1n) is 6.80. The van der Waals surface area contributed by atoms with Crippen LogP contribution in [0.25, 0.3) is 0 Å². The molecule has 1 aromatic heterocycles. The predicted molar refractivity (Wildman–Crippen MR) is 74.4 cm³/mol. The summed E-state index contributed by atoms with van der Waals surface area (Å²) in [6.45, 7) is 1.94. The molecule has 0 saturated heterocycles. The fraction of sp³-hybridized carbons (Fsp3) is 0.375. The van der Waals surface area contributed by atoms with Gasteiger partial charge in [-0.25, -0.2) is 0 Å². The summed E-state index contributed by atoms with van der Waals surface area (Å²) in [5.74, 6) is 0.672. The van der Waals surface area contributed by atoms with Crippen LogP contribution in [0.15, 0.2) is 30.5 Å². The zero-order chi connectivity index (χ0) is 13.4. The molecule has 0 bridgehead atoms. The fourth-order valence-electron chi connectivity index (χ4n) is 2.65. The Morgan fingerprint density at radius 1 is 1.26 bits per heavy atom. The number of carbonyl (C=O) groups is 1. The third kappa shape index (κ3) is 1.99. The molecule has 0 N–H and O–H groups in total. The second-order valence-corrected chi connectivity index (χ2v) is 5.31. The maximum absolute atomic E-state index is 12.7. The Labute approximate surface area is 113 Å². The molecule has 3 nitrogen and oxygen atoms in total. The van der Waals surface area contributed by atoms with Crippen molar-refractivity contribution in [2.24, 2.45) is 7.05 Å². The van der Waals surface area contributed by atoms with E-state index in [0.29, 0.717) is 11.5 Å². The zero-order valence-corrected chi connectivity index (χ0v) is 11.4. The Bertz CT molecular complexity index is 623. The van der Waals surface area contributed by atoms with Gasteiger partial charge in [0.15, 0.2) is 5.78 Å². The summed E-state index contributed by atoms with van der Waals surface area (Å²) in [4.78, 5) is 12.7. The molecule has 1 fully saturated rings. The highest BCUT2D eigenvalue weighted by molar-refractivity contribution is 6.10. The monoisotopic (exact) mass is 254 g/mol. The average Bonchev–Trinajstić information content (AvgIpc) is 2.68. The summed E-state index contributed by atoms with van der Waals surface area (Å²) in [6.07, 6.45) is 5.36. The van der Waals surface area contributed by atoms with Crippen LogP contribution in [0.1, 0.15) is 52.4 Å². The lowest BCUT2D eigenvalue weighted by Gasteiger charge is -2.27. The smallest absolute Gasteiger partial charge is 0.196 e. The van der Waals surface area contributed by atoms with Gasteiger partial charge in [-0.2, -0.15) is 5.10 Å². The fourth-order valence-corrected chi connectivity index (χ4v) is 2.65. The number of aromatic nitrogens is 2. The summed E-state index contributed by atoms with van der Waals surface area (Å²) in [5.41, 5.74) is 3.70. The molecule has 19 heavy (non-hydrogen) atoms. The van der Waals surface area contributed by atoms with Gasteiger partial charge in [0.25, 0.3) is 0 Å². The van der Waals surface area contributed by atoms with Gasteiger partial charge in [-0.15, -0.1) is 0 Å². The second-order valence-electron chi connectivity index (χ2n) is 5.31. The lowest BCUT2D eigenvalue weighted by molar-refractivity contribution is 0.103. The minimum Gasteiger partial charge on any atom is -0.288 e. The van der Waals surface area contributed by atoms with Crippen LogP contribution in [0, 0.1) is 6.92 Å². The van der Waals surface area contributed by atoms with Gasteiger partial charge in [-0.1, -0.05) is 30.7 Å². The molecule has 0 aliphatic heterocycles. The van der Waals surface area contributed by atoms with Crippen LogP contribution in [-0.4, -0.2) is 15.6 Å². The second kappa shape index (κ2) is 4.65. The minimum atomic E-state index is 0.105. The minimum absolute atomic E-state index is 0.105. The first-order valence-corrected chi connectivity index (χ1v) is 6.80. The van der Waals surface area contributed by atoms with E-state index < -0.39 is 0 Å². The Morgan fingerprint density at radius 2 is 2.00 bits per heavy atom. The molecule has 0 radical (unpaired) electrons. The molecule has 1 saturated carbocycles. The van der Waals surface area contributed by atoms with Gasteiger partial charge in [-0.05, 0) is 31.2 Å². The number of ketones is 1. The van der Waals surface area contributed by atoms with Crippen LogP contribution in [0.3, 0.4) is 0 Å². The number of rotatable bonds is 3. The molecule has 0 unspecified atom stereocenters. The third-order valence-corrected chi connectivity index (χ3v) is 4.23. The summed E-state index contributed by atoms with van der Waals surface area (Å²) < 4.78 is 1.75. The van der Waals surface area contributed by atoms with Crippen molar-refractivity contribution in [3.8, 4) is 0 Å². The first kappa shape index (κ1) is 12.2. The summed E-state index contributed by atoms with van der Waals surface area (Å²) in [7, 11) is 1.87. The van der Waals surface area contributed by atoms with Crippen LogP contribution in [0.5, 0.6) is 0 Å². The SMILES string of the molecule is Cc1c(C(=O)c2ccccc2C2CCC2)cnn1C. The maximum Gasteiger partial charge on any atom is 0.196 e. The van der Waals surface area contributed by atoms with E-state index in [1.165, 1.54) is 24.8 Å². The summed E-state index contributed by atoms with van der Waals surface area (Å²) >= 11 is 0. The molecule has 0 amide bonds. The van der Waals surface area contributed by atoms with Crippen LogP contribution < -0.4 is 0 Å². The Hall–Kier alpha value is -1.90. The van der Waals surface area contributed by atoms with Crippen molar-refractivity contribution in [3.63, 3.8) is 0 Å². The first-order chi connectivity index (χ1) is 9.18. The highest BCUT2D eigenvalue weighted by Crippen LogP contribution is 2.38. The largest absolute Gasteiger partial charge is 0.288 e. The van der Waals surface area contributed by atoms with Crippen molar-refractivity contribution < 1.29 is 4.79 Å².